The Kier molecular flexibility index (Phi) is 40.0. The van der Waals surface area contributed by atoms with E-state index < -0.39 is 0 Å². The summed E-state index contributed by atoms with van der Waals surface area (Å²) < 4.78 is 0. The molecule has 0 rings (SSSR count). The first kappa shape index (κ1) is 51.2. The van der Waals surface area contributed by atoms with Gasteiger partial charge in [0.25, 0.3) is 0 Å². The highest BCUT2D eigenvalue weighted by Gasteiger charge is 2.16. The number of hydrogen-bond acceptors (Lipinski definition) is 6. The van der Waals surface area contributed by atoms with Crippen molar-refractivity contribution in [3.63, 3.8) is 0 Å². The van der Waals surface area contributed by atoms with E-state index in [0.717, 1.165) is 135 Å². The first-order valence-electron chi connectivity index (χ1n) is 22.0. The van der Waals surface area contributed by atoms with Gasteiger partial charge in [0.05, 0.1) is 18.3 Å². The summed E-state index contributed by atoms with van der Waals surface area (Å²) in [6.45, 7) is 11.8. The van der Waals surface area contributed by atoms with Crippen molar-refractivity contribution in [3.05, 3.63) is 72.9 Å². The number of nitrogens with one attached hydrogen (secondary N) is 1. The molecule has 0 radical (unpaired) electrons. The van der Waals surface area contributed by atoms with Crippen molar-refractivity contribution in [2.45, 2.75) is 174 Å². The maximum atomic E-state index is 11.0. The standard InChI is InChI=1S/C47H87N3O3/c1-5-8-11-14-17-20-23-26-29-32-35-45(51)42-48-38-39-49(4)40-41-50(43-46(52)36-33-30-27-24-21-18-15-12-9-6-2)44-47(53)37-34-31-28-25-22-19-16-13-10-7-3/h8-13,17-22,45-48,51-53H,5-7,14-16,23-44H2,1-4H3/b11-8-,12-9-,13-10-,20-17-,21-18-,22-19-. The molecule has 3 atom stereocenters. The third-order valence-corrected chi connectivity index (χ3v) is 9.53. The van der Waals surface area contributed by atoms with Gasteiger partial charge in [-0.05, 0) is 103 Å². The average Bonchev–Trinajstić information content (AvgIpc) is 3.14. The third kappa shape index (κ3) is 39.7. The molecule has 0 bridgehead atoms. The van der Waals surface area contributed by atoms with Crippen LogP contribution in [0.15, 0.2) is 72.9 Å². The molecule has 0 fully saturated rings. The second-order valence-corrected chi connectivity index (χ2v) is 14.9. The Morgan fingerprint density at radius 3 is 1.26 bits per heavy atom. The molecule has 0 saturated heterocycles. The Balaban J connectivity index is 4.49. The second kappa shape index (κ2) is 41.4. The molecule has 308 valence electrons. The molecule has 0 aromatic rings. The second-order valence-electron chi connectivity index (χ2n) is 14.9. The maximum Gasteiger partial charge on any atom is 0.0667 e. The van der Waals surface area contributed by atoms with E-state index in [2.05, 4.69) is 116 Å². The molecule has 0 aromatic carbocycles. The normalized spacial score (nSPS) is 14.7. The zero-order valence-corrected chi connectivity index (χ0v) is 35.2. The number of hydrogen-bond donors (Lipinski definition) is 4. The van der Waals surface area contributed by atoms with Crippen molar-refractivity contribution in [2.24, 2.45) is 0 Å². The van der Waals surface area contributed by atoms with Crippen LogP contribution in [0.3, 0.4) is 0 Å². The Morgan fingerprint density at radius 2 is 0.849 bits per heavy atom. The smallest absolute Gasteiger partial charge is 0.0667 e. The van der Waals surface area contributed by atoms with E-state index in [0.29, 0.717) is 19.6 Å². The average molecular weight is 742 g/mol. The van der Waals surface area contributed by atoms with Crippen LogP contribution >= 0.6 is 0 Å². The van der Waals surface area contributed by atoms with Gasteiger partial charge in [0.1, 0.15) is 0 Å². The van der Waals surface area contributed by atoms with Crippen LogP contribution in [-0.4, -0.2) is 96.3 Å². The van der Waals surface area contributed by atoms with Gasteiger partial charge in [0.15, 0.2) is 0 Å². The molecule has 0 aromatic heterocycles. The summed E-state index contributed by atoms with van der Waals surface area (Å²) in [6, 6.07) is 0. The van der Waals surface area contributed by atoms with E-state index in [9.17, 15) is 15.3 Å². The summed E-state index contributed by atoms with van der Waals surface area (Å²) >= 11 is 0. The van der Waals surface area contributed by atoms with Crippen LogP contribution in [0.5, 0.6) is 0 Å². The van der Waals surface area contributed by atoms with Crippen molar-refractivity contribution < 1.29 is 15.3 Å². The van der Waals surface area contributed by atoms with Crippen LogP contribution in [0.4, 0.5) is 0 Å². The van der Waals surface area contributed by atoms with Gasteiger partial charge in [-0.1, -0.05) is 132 Å². The minimum atomic E-state index is -0.367. The molecule has 0 aliphatic heterocycles. The predicted molar refractivity (Wildman–Crippen MR) is 234 cm³/mol. The van der Waals surface area contributed by atoms with Gasteiger partial charge in [-0.15, -0.1) is 0 Å². The zero-order valence-electron chi connectivity index (χ0n) is 35.2. The number of rotatable bonds is 39. The molecular formula is C47H87N3O3. The molecule has 0 spiro atoms. The fourth-order valence-electron chi connectivity index (χ4n) is 6.22. The molecule has 0 amide bonds. The Hall–Kier alpha value is -1.80. The van der Waals surface area contributed by atoms with Gasteiger partial charge < -0.3 is 25.5 Å². The van der Waals surface area contributed by atoms with E-state index in [4.69, 9.17) is 0 Å². The van der Waals surface area contributed by atoms with Crippen molar-refractivity contribution in [1.82, 2.24) is 15.1 Å². The van der Waals surface area contributed by atoms with Crippen LogP contribution in [-0.2, 0) is 0 Å². The number of likely N-dealkylation sites (N-methyl/N-ethyl adjacent to an activating group) is 1. The maximum absolute atomic E-state index is 11.0. The highest BCUT2D eigenvalue weighted by atomic mass is 16.3. The van der Waals surface area contributed by atoms with E-state index in [1.165, 1.54) is 25.7 Å². The van der Waals surface area contributed by atoms with E-state index >= 15 is 0 Å². The molecule has 0 heterocycles. The van der Waals surface area contributed by atoms with Gasteiger partial charge in [0.2, 0.25) is 0 Å². The number of allylic oxidation sites excluding steroid dienone is 12. The highest BCUT2D eigenvalue weighted by Crippen LogP contribution is 2.12. The number of nitrogens with zero attached hydrogens (tertiary/aromatic N) is 2. The predicted octanol–water partition coefficient (Wildman–Crippen LogP) is 10.5. The zero-order chi connectivity index (χ0) is 38.9. The minimum Gasteiger partial charge on any atom is -0.392 e. The Labute approximate surface area is 329 Å². The summed E-state index contributed by atoms with van der Waals surface area (Å²) in [6.07, 6.45) is 48.2. The highest BCUT2D eigenvalue weighted by molar-refractivity contribution is 4.94. The van der Waals surface area contributed by atoms with E-state index in [1.54, 1.807) is 0 Å². The van der Waals surface area contributed by atoms with E-state index in [-0.39, 0.29) is 18.3 Å². The molecule has 6 heteroatoms. The summed E-state index contributed by atoms with van der Waals surface area (Å²) in [5, 5.41) is 35.8. The van der Waals surface area contributed by atoms with Crippen molar-refractivity contribution in [3.8, 4) is 0 Å². The van der Waals surface area contributed by atoms with Crippen LogP contribution in [0.25, 0.3) is 0 Å². The summed E-state index contributed by atoms with van der Waals surface area (Å²) in [7, 11) is 2.14. The quantitative estimate of drug-likeness (QED) is 0.0371. The Bertz CT molecular complexity index is 884. The summed E-state index contributed by atoms with van der Waals surface area (Å²) in [5.74, 6) is 0. The van der Waals surface area contributed by atoms with Crippen molar-refractivity contribution in [1.29, 1.82) is 0 Å². The molecule has 3 unspecified atom stereocenters. The van der Waals surface area contributed by atoms with Crippen molar-refractivity contribution >= 4 is 0 Å². The van der Waals surface area contributed by atoms with Gasteiger partial charge >= 0.3 is 0 Å². The van der Waals surface area contributed by atoms with Gasteiger partial charge in [-0.2, -0.15) is 0 Å². The largest absolute Gasteiger partial charge is 0.392 e. The molecule has 0 aliphatic rings. The fraction of sp³-hybridized carbons (Fsp3) is 0.745. The molecular weight excluding hydrogens is 655 g/mol. The first-order valence-corrected chi connectivity index (χ1v) is 22.0. The number of aliphatic hydroxyl groups excluding tert-OH is 3. The van der Waals surface area contributed by atoms with Crippen LogP contribution in [0.1, 0.15) is 156 Å². The minimum absolute atomic E-state index is 0.289. The molecule has 6 nitrogen and oxygen atoms in total. The lowest BCUT2D eigenvalue weighted by Gasteiger charge is -2.29. The van der Waals surface area contributed by atoms with Gasteiger partial charge in [-0.25, -0.2) is 0 Å². The molecule has 53 heavy (non-hydrogen) atoms. The molecule has 0 saturated carbocycles. The number of aliphatic hydroxyl groups is 3. The van der Waals surface area contributed by atoms with Crippen molar-refractivity contribution in [2.75, 3.05) is 52.9 Å². The van der Waals surface area contributed by atoms with Gasteiger partial charge in [-0.3, -0.25) is 4.90 Å². The van der Waals surface area contributed by atoms with Crippen LogP contribution < -0.4 is 5.32 Å². The van der Waals surface area contributed by atoms with E-state index in [1.807, 2.05) is 0 Å². The molecule has 4 N–H and O–H groups in total. The lowest BCUT2D eigenvalue weighted by molar-refractivity contribution is 0.0564. The SMILES string of the molecule is CC/C=C\C/C=C\CCCCCC(O)CNCCN(C)CCN(CC(O)CCCCC/C=C\C/C=C\CC)CC(O)CCCCC/C=C\C/C=C\CC. The molecule has 0 aliphatic carbocycles. The summed E-state index contributed by atoms with van der Waals surface area (Å²) in [4.78, 5) is 4.59. The first-order chi connectivity index (χ1) is 25.9. The number of unbranched alkanes of at least 4 members (excludes halogenated alkanes) is 9. The van der Waals surface area contributed by atoms with Gasteiger partial charge in [0, 0.05) is 45.8 Å². The lowest BCUT2D eigenvalue weighted by atomic mass is 10.1. The Morgan fingerprint density at radius 1 is 0.453 bits per heavy atom. The van der Waals surface area contributed by atoms with Crippen LogP contribution in [0, 0.1) is 0 Å². The third-order valence-electron chi connectivity index (χ3n) is 9.53. The topological polar surface area (TPSA) is 79.2 Å². The fourth-order valence-corrected chi connectivity index (χ4v) is 6.22. The van der Waals surface area contributed by atoms with Crippen LogP contribution in [0.2, 0.25) is 0 Å². The lowest BCUT2D eigenvalue weighted by Crippen LogP contribution is -2.43. The monoisotopic (exact) mass is 742 g/mol. The summed E-state index contributed by atoms with van der Waals surface area (Å²) in [5.41, 5.74) is 0.